The maximum atomic E-state index is 12.1. The third-order valence-electron chi connectivity index (χ3n) is 2.86. The highest BCUT2D eigenvalue weighted by Crippen LogP contribution is 2.16. The molecule has 0 radical (unpaired) electrons. The number of anilines is 1. The molecule has 2 rings (SSSR count). The lowest BCUT2D eigenvalue weighted by atomic mass is 10.2. The summed E-state index contributed by atoms with van der Waals surface area (Å²) in [5.74, 6) is -0.0777. The van der Waals surface area contributed by atoms with E-state index < -0.39 is 15.9 Å². The van der Waals surface area contributed by atoms with Crippen molar-refractivity contribution in [2.75, 3.05) is 19.4 Å². The van der Waals surface area contributed by atoms with E-state index >= 15 is 0 Å². The van der Waals surface area contributed by atoms with Gasteiger partial charge in [-0.1, -0.05) is 11.6 Å². The fourth-order valence-electron chi connectivity index (χ4n) is 1.65. The lowest BCUT2D eigenvalue weighted by molar-refractivity contribution is 0.102. The maximum Gasteiger partial charge on any atom is 0.256 e. The fraction of sp³-hybridized carbons (Fsp3) is 0.143. The van der Waals surface area contributed by atoms with E-state index in [0.29, 0.717) is 16.4 Å². The summed E-state index contributed by atoms with van der Waals surface area (Å²) in [7, 11) is -0.622. The molecule has 1 aromatic carbocycles. The zero-order chi connectivity index (χ0) is 16.3. The summed E-state index contributed by atoms with van der Waals surface area (Å²) in [5, 5.41) is 3.04. The van der Waals surface area contributed by atoms with Crippen molar-refractivity contribution in [1.29, 1.82) is 0 Å². The van der Waals surface area contributed by atoms with Gasteiger partial charge < -0.3 is 5.32 Å². The van der Waals surface area contributed by atoms with Crippen molar-refractivity contribution in [2.24, 2.45) is 0 Å². The lowest BCUT2D eigenvalue weighted by Gasteiger charge is -2.11. The first-order chi connectivity index (χ1) is 10.3. The Bertz CT molecular complexity index is 789. The van der Waals surface area contributed by atoms with Crippen molar-refractivity contribution >= 4 is 33.3 Å². The molecule has 2 aromatic rings. The molecule has 6 nitrogen and oxygen atoms in total. The van der Waals surface area contributed by atoms with Crippen LogP contribution in [0.15, 0.2) is 47.5 Å². The van der Waals surface area contributed by atoms with Crippen LogP contribution in [0.1, 0.15) is 10.4 Å². The minimum Gasteiger partial charge on any atom is -0.307 e. The fourth-order valence-corrected chi connectivity index (χ4v) is 2.71. The SMILES string of the molecule is CN(C)S(=O)(=O)c1ccc(C(=O)Nc2cc(Cl)ccn2)cc1. The Morgan fingerprint density at radius 2 is 1.82 bits per heavy atom. The van der Waals surface area contributed by atoms with E-state index in [2.05, 4.69) is 10.3 Å². The molecule has 0 aliphatic rings. The number of sulfonamides is 1. The van der Waals surface area contributed by atoms with Crippen molar-refractivity contribution < 1.29 is 13.2 Å². The number of rotatable bonds is 4. The number of carbonyl (C=O) groups excluding carboxylic acids is 1. The average molecular weight is 340 g/mol. The molecule has 0 aliphatic carbocycles. The lowest BCUT2D eigenvalue weighted by Crippen LogP contribution is -2.22. The van der Waals surface area contributed by atoms with Crippen LogP contribution in [0.4, 0.5) is 5.82 Å². The molecule has 1 aromatic heterocycles. The summed E-state index contributed by atoms with van der Waals surface area (Å²) < 4.78 is 25.0. The highest BCUT2D eigenvalue weighted by molar-refractivity contribution is 7.89. The van der Waals surface area contributed by atoms with Gasteiger partial charge in [0.25, 0.3) is 5.91 Å². The first-order valence-electron chi connectivity index (χ1n) is 6.26. The van der Waals surface area contributed by atoms with Crippen LogP contribution < -0.4 is 5.32 Å². The van der Waals surface area contributed by atoms with Gasteiger partial charge in [0.1, 0.15) is 5.82 Å². The number of amides is 1. The molecule has 0 fully saturated rings. The van der Waals surface area contributed by atoms with E-state index in [1.807, 2.05) is 0 Å². The van der Waals surface area contributed by atoms with Gasteiger partial charge in [-0.15, -0.1) is 0 Å². The minimum atomic E-state index is -3.51. The van der Waals surface area contributed by atoms with E-state index in [1.54, 1.807) is 6.07 Å². The van der Waals surface area contributed by atoms with Crippen LogP contribution >= 0.6 is 11.6 Å². The second-order valence-corrected chi connectivity index (χ2v) is 7.21. The van der Waals surface area contributed by atoms with Crippen LogP contribution in [0.5, 0.6) is 0 Å². The van der Waals surface area contributed by atoms with E-state index in [9.17, 15) is 13.2 Å². The van der Waals surface area contributed by atoms with Crippen LogP contribution in [0.25, 0.3) is 0 Å². The molecule has 1 amide bonds. The minimum absolute atomic E-state index is 0.120. The van der Waals surface area contributed by atoms with Gasteiger partial charge in [-0.2, -0.15) is 0 Å². The van der Waals surface area contributed by atoms with Crippen molar-refractivity contribution in [3.63, 3.8) is 0 Å². The number of nitrogens with zero attached hydrogens (tertiary/aromatic N) is 2. The van der Waals surface area contributed by atoms with Gasteiger partial charge in [0.15, 0.2) is 0 Å². The molecule has 8 heteroatoms. The number of aromatic nitrogens is 1. The quantitative estimate of drug-likeness (QED) is 0.926. The molecule has 116 valence electrons. The molecule has 22 heavy (non-hydrogen) atoms. The molecular formula is C14H14ClN3O3S. The van der Waals surface area contributed by atoms with Crippen LogP contribution in [0, 0.1) is 0 Å². The molecule has 0 saturated heterocycles. The van der Waals surface area contributed by atoms with Crippen molar-refractivity contribution in [3.05, 3.63) is 53.2 Å². The highest BCUT2D eigenvalue weighted by atomic mass is 35.5. The second kappa shape index (κ2) is 6.43. The number of nitrogens with one attached hydrogen (secondary N) is 1. The number of benzene rings is 1. The third-order valence-corrected chi connectivity index (χ3v) is 4.92. The molecule has 0 unspecified atom stereocenters. The monoisotopic (exact) mass is 339 g/mol. The van der Waals surface area contributed by atoms with Gasteiger partial charge in [-0.3, -0.25) is 4.79 Å². The standard InChI is InChI=1S/C14H14ClN3O3S/c1-18(2)22(20,21)12-5-3-10(4-6-12)14(19)17-13-9-11(15)7-8-16-13/h3-9H,1-2H3,(H,16,17,19). The second-order valence-electron chi connectivity index (χ2n) is 4.63. The summed E-state index contributed by atoms with van der Waals surface area (Å²) in [4.78, 5) is 16.2. The molecular weight excluding hydrogens is 326 g/mol. The maximum absolute atomic E-state index is 12.1. The summed E-state index contributed by atoms with van der Waals surface area (Å²) in [6, 6.07) is 8.76. The van der Waals surface area contributed by atoms with Gasteiger partial charge in [0, 0.05) is 30.9 Å². The number of halogens is 1. The number of carbonyl (C=O) groups is 1. The van der Waals surface area contributed by atoms with Gasteiger partial charge >= 0.3 is 0 Å². The van der Waals surface area contributed by atoms with Crippen LogP contribution in [-0.4, -0.2) is 37.7 Å². The topological polar surface area (TPSA) is 79.4 Å². The smallest absolute Gasteiger partial charge is 0.256 e. The van der Waals surface area contributed by atoms with Gasteiger partial charge in [-0.25, -0.2) is 17.7 Å². The zero-order valence-electron chi connectivity index (χ0n) is 11.9. The molecule has 0 saturated carbocycles. The summed E-state index contributed by atoms with van der Waals surface area (Å²) >= 11 is 5.81. The van der Waals surface area contributed by atoms with Gasteiger partial charge in [0.05, 0.1) is 4.90 Å². The zero-order valence-corrected chi connectivity index (χ0v) is 13.5. The predicted molar refractivity (Wildman–Crippen MR) is 84.5 cm³/mol. The molecule has 0 atom stereocenters. The summed E-state index contributed by atoms with van der Waals surface area (Å²) in [6.45, 7) is 0. The van der Waals surface area contributed by atoms with Gasteiger partial charge in [0.2, 0.25) is 10.0 Å². The van der Waals surface area contributed by atoms with E-state index in [-0.39, 0.29) is 4.90 Å². The Morgan fingerprint density at radius 3 is 2.36 bits per heavy atom. The van der Waals surface area contributed by atoms with E-state index in [0.717, 1.165) is 4.31 Å². The Balaban J connectivity index is 2.19. The van der Waals surface area contributed by atoms with Gasteiger partial charge in [-0.05, 0) is 36.4 Å². The Kier molecular flexibility index (Phi) is 4.80. The summed E-state index contributed by atoms with van der Waals surface area (Å²) in [6.07, 6.45) is 1.48. The third kappa shape index (κ3) is 3.62. The largest absolute Gasteiger partial charge is 0.307 e. The normalized spacial score (nSPS) is 11.5. The number of hydrogen-bond donors (Lipinski definition) is 1. The van der Waals surface area contributed by atoms with Crippen LogP contribution in [0.2, 0.25) is 5.02 Å². The Morgan fingerprint density at radius 1 is 1.18 bits per heavy atom. The first kappa shape index (κ1) is 16.4. The van der Waals surface area contributed by atoms with Crippen molar-refractivity contribution in [3.8, 4) is 0 Å². The van der Waals surface area contributed by atoms with E-state index in [1.165, 1.54) is 50.6 Å². The molecule has 1 N–H and O–H groups in total. The Hall–Kier alpha value is -1.96. The Labute approximate surface area is 133 Å². The predicted octanol–water partition coefficient (Wildman–Crippen LogP) is 2.24. The number of pyridine rings is 1. The number of hydrogen-bond acceptors (Lipinski definition) is 4. The van der Waals surface area contributed by atoms with E-state index in [4.69, 9.17) is 11.6 Å². The molecule has 1 heterocycles. The van der Waals surface area contributed by atoms with Crippen molar-refractivity contribution in [1.82, 2.24) is 9.29 Å². The average Bonchev–Trinajstić information content (AvgIpc) is 2.47. The molecule has 0 aliphatic heterocycles. The van der Waals surface area contributed by atoms with Crippen LogP contribution in [0.3, 0.4) is 0 Å². The van der Waals surface area contributed by atoms with Crippen LogP contribution in [-0.2, 0) is 10.0 Å². The highest BCUT2D eigenvalue weighted by Gasteiger charge is 2.17. The van der Waals surface area contributed by atoms with Crippen molar-refractivity contribution in [2.45, 2.75) is 4.90 Å². The molecule has 0 bridgehead atoms. The first-order valence-corrected chi connectivity index (χ1v) is 8.08. The molecule has 0 spiro atoms. The summed E-state index contributed by atoms with van der Waals surface area (Å²) in [5.41, 5.74) is 0.319.